The van der Waals surface area contributed by atoms with Crippen LogP contribution in [0.25, 0.3) is 0 Å². The first-order valence-electron chi connectivity index (χ1n) is 7.39. The van der Waals surface area contributed by atoms with E-state index >= 15 is 0 Å². The van der Waals surface area contributed by atoms with Gasteiger partial charge in [-0.3, -0.25) is 0 Å². The minimum absolute atomic E-state index is 0.554. The average Bonchev–Trinajstić information content (AvgIpc) is 2.73. The van der Waals surface area contributed by atoms with Crippen molar-refractivity contribution in [1.82, 2.24) is 5.32 Å². The molecule has 20 heavy (non-hydrogen) atoms. The van der Waals surface area contributed by atoms with Gasteiger partial charge in [0.25, 0.3) is 0 Å². The summed E-state index contributed by atoms with van der Waals surface area (Å²) in [6.45, 7) is 9.82. The van der Waals surface area contributed by atoms with E-state index in [-0.39, 0.29) is 0 Å². The highest BCUT2D eigenvalue weighted by molar-refractivity contribution is 7.12. The molecule has 0 spiro atoms. The predicted octanol–water partition coefficient (Wildman–Crippen LogP) is 4.78. The van der Waals surface area contributed by atoms with Crippen molar-refractivity contribution in [1.29, 1.82) is 0 Å². The van der Waals surface area contributed by atoms with Gasteiger partial charge in [0.05, 0.1) is 0 Å². The van der Waals surface area contributed by atoms with Gasteiger partial charge in [0, 0.05) is 22.3 Å². The summed E-state index contributed by atoms with van der Waals surface area (Å²) in [5.74, 6) is 0. The predicted molar refractivity (Wildman–Crippen MR) is 89.6 cm³/mol. The molecule has 2 aromatic rings. The molecule has 0 aliphatic rings. The molecule has 0 radical (unpaired) electrons. The number of thiophene rings is 1. The van der Waals surface area contributed by atoms with Gasteiger partial charge in [0.2, 0.25) is 0 Å². The summed E-state index contributed by atoms with van der Waals surface area (Å²) in [6, 6.07) is 11.7. The summed E-state index contributed by atoms with van der Waals surface area (Å²) in [7, 11) is 0. The van der Waals surface area contributed by atoms with Gasteiger partial charge < -0.3 is 5.32 Å². The fourth-order valence-electron chi connectivity index (χ4n) is 2.36. The van der Waals surface area contributed by atoms with E-state index in [1.54, 1.807) is 0 Å². The highest BCUT2D eigenvalue weighted by Crippen LogP contribution is 2.20. The van der Waals surface area contributed by atoms with Crippen LogP contribution in [0.4, 0.5) is 0 Å². The molecule has 1 atom stereocenters. The lowest BCUT2D eigenvalue weighted by molar-refractivity contribution is 0.516. The van der Waals surface area contributed by atoms with Gasteiger partial charge in [0.15, 0.2) is 0 Å². The Kier molecular flexibility index (Phi) is 5.38. The molecule has 1 aromatic heterocycles. The van der Waals surface area contributed by atoms with Crippen molar-refractivity contribution in [3.8, 4) is 0 Å². The highest BCUT2D eigenvalue weighted by atomic mass is 32.1. The molecule has 1 unspecified atom stereocenters. The minimum atomic E-state index is 0.554. The number of benzene rings is 1. The Balaban J connectivity index is 1.76. The molecular formula is C18H25NS. The fraction of sp³-hybridized carbons (Fsp3) is 0.444. The Hall–Kier alpha value is -1.12. The van der Waals surface area contributed by atoms with Crippen molar-refractivity contribution < 1.29 is 0 Å². The van der Waals surface area contributed by atoms with Crippen LogP contribution in [0.15, 0.2) is 30.3 Å². The minimum Gasteiger partial charge on any atom is -0.309 e. The SMILES string of the molecule is Cc1cccc(CCC(C)NCc2cc(C)c(C)s2)c1. The first kappa shape index (κ1) is 15.3. The fourth-order valence-corrected chi connectivity index (χ4v) is 3.37. The molecule has 108 valence electrons. The van der Waals surface area contributed by atoms with Gasteiger partial charge in [-0.1, -0.05) is 29.8 Å². The van der Waals surface area contributed by atoms with E-state index in [1.807, 2.05) is 11.3 Å². The lowest BCUT2D eigenvalue weighted by atomic mass is 10.0. The summed E-state index contributed by atoms with van der Waals surface area (Å²) in [5, 5.41) is 3.63. The first-order chi connectivity index (χ1) is 9.54. The van der Waals surface area contributed by atoms with Crippen molar-refractivity contribution in [2.45, 2.75) is 53.1 Å². The van der Waals surface area contributed by atoms with Crippen molar-refractivity contribution in [2.24, 2.45) is 0 Å². The monoisotopic (exact) mass is 287 g/mol. The molecule has 0 aliphatic heterocycles. The molecule has 0 fully saturated rings. The van der Waals surface area contributed by atoms with Gasteiger partial charge >= 0.3 is 0 Å². The highest BCUT2D eigenvalue weighted by Gasteiger charge is 2.05. The van der Waals surface area contributed by atoms with Crippen LogP contribution in [0, 0.1) is 20.8 Å². The first-order valence-corrected chi connectivity index (χ1v) is 8.21. The maximum absolute atomic E-state index is 3.63. The Labute approximate surface area is 127 Å². The average molecular weight is 287 g/mol. The molecule has 2 rings (SSSR count). The lowest BCUT2D eigenvalue weighted by Gasteiger charge is -2.13. The molecule has 1 nitrogen and oxygen atoms in total. The van der Waals surface area contributed by atoms with Crippen molar-refractivity contribution in [2.75, 3.05) is 0 Å². The summed E-state index contributed by atoms with van der Waals surface area (Å²) in [5.41, 5.74) is 4.22. The topological polar surface area (TPSA) is 12.0 Å². The number of hydrogen-bond acceptors (Lipinski definition) is 2. The second kappa shape index (κ2) is 7.05. The van der Waals surface area contributed by atoms with Crippen molar-refractivity contribution in [3.05, 3.63) is 56.8 Å². The van der Waals surface area contributed by atoms with Crippen molar-refractivity contribution >= 4 is 11.3 Å². The van der Waals surface area contributed by atoms with Crippen LogP contribution in [0.5, 0.6) is 0 Å². The zero-order chi connectivity index (χ0) is 14.5. The third kappa shape index (κ3) is 4.46. The summed E-state index contributed by atoms with van der Waals surface area (Å²) < 4.78 is 0. The number of nitrogens with one attached hydrogen (secondary N) is 1. The van der Waals surface area contributed by atoms with E-state index < -0.39 is 0 Å². The van der Waals surface area contributed by atoms with Gasteiger partial charge in [-0.05, 0) is 57.7 Å². The zero-order valence-corrected chi connectivity index (χ0v) is 13.8. The molecule has 0 saturated carbocycles. The van der Waals surface area contributed by atoms with Crippen LogP contribution in [-0.2, 0) is 13.0 Å². The summed E-state index contributed by atoms with van der Waals surface area (Å²) >= 11 is 1.91. The molecule has 0 aliphatic carbocycles. The van der Waals surface area contributed by atoms with Crippen molar-refractivity contribution in [3.63, 3.8) is 0 Å². The van der Waals surface area contributed by atoms with Crippen LogP contribution >= 0.6 is 11.3 Å². The van der Waals surface area contributed by atoms with E-state index in [0.717, 1.165) is 13.0 Å². The largest absolute Gasteiger partial charge is 0.309 e. The zero-order valence-electron chi connectivity index (χ0n) is 13.0. The van der Waals surface area contributed by atoms with E-state index in [9.17, 15) is 0 Å². The summed E-state index contributed by atoms with van der Waals surface area (Å²) in [6.07, 6.45) is 2.34. The third-order valence-corrected chi connectivity index (χ3v) is 4.94. The Bertz CT molecular complexity index is 537. The Morgan fingerprint density at radius 1 is 1.15 bits per heavy atom. The second-order valence-corrected chi connectivity index (χ2v) is 7.10. The van der Waals surface area contributed by atoms with Gasteiger partial charge in [-0.15, -0.1) is 11.3 Å². The standard InChI is InChI=1S/C18H25NS/c1-13-6-5-7-17(10-13)9-8-15(3)19-12-18-11-14(2)16(4)20-18/h5-7,10-11,15,19H,8-9,12H2,1-4H3. The lowest BCUT2D eigenvalue weighted by Crippen LogP contribution is -2.25. The smallest absolute Gasteiger partial charge is 0.0302 e. The van der Waals surface area contributed by atoms with Crippen LogP contribution in [-0.4, -0.2) is 6.04 Å². The molecule has 1 aromatic carbocycles. The normalized spacial score (nSPS) is 12.6. The Morgan fingerprint density at radius 3 is 2.60 bits per heavy atom. The van der Waals surface area contributed by atoms with Gasteiger partial charge in [-0.2, -0.15) is 0 Å². The molecule has 0 amide bonds. The maximum Gasteiger partial charge on any atom is 0.0302 e. The van der Waals surface area contributed by atoms with Crippen LogP contribution in [0.2, 0.25) is 0 Å². The Morgan fingerprint density at radius 2 is 1.95 bits per heavy atom. The van der Waals surface area contributed by atoms with Crippen LogP contribution < -0.4 is 5.32 Å². The van der Waals surface area contributed by atoms with Crippen LogP contribution in [0.1, 0.15) is 39.8 Å². The molecular weight excluding hydrogens is 262 g/mol. The van der Waals surface area contributed by atoms with E-state index in [1.165, 1.54) is 32.9 Å². The molecule has 1 heterocycles. The quantitative estimate of drug-likeness (QED) is 0.806. The second-order valence-electron chi connectivity index (χ2n) is 5.76. The summed E-state index contributed by atoms with van der Waals surface area (Å²) in [4.78, 5) is 2.89. The molecule has 1 N–H and O–H groups in total. The number of aryl methyl sites for hydroxylation is 4. The maximum atomic E-state index is 3.63. The third-order valence-electron chi connectivity index (χ3n) is 3.79. The molecule has 2 heteroatoms. The number of hydrogen-bond donors (Lipinski definition) is 1. The molecule has 0 saturated heterocycles. The van der Waals surface area contributed by atoms with E-state index in [2.05, 4.69) is 63.3 Å². The van der Waals surface area contributed by atoms with Gasteiger partial charge in [0.1, 0.15) is 0 Å². The van der Waals surface area contributed by atoms with Crippen LogP contribution in [0.3, 0.4) is 0 Å². The van der Waals surface area contributed by atoms with Gasteiger partial charge in [-0.25, -0.2) is 0 Å². The van der Waals surface area contributed by atoms with E-state index in [0.29, 0.717) is 6.04 Å². The molecule has 0 bridgehead atoms. The number of rotatable bonds is 6. The van der Waals surface area contributed by atoms with E-state index in [4.69, 9.17) is 0 Å².